The summed E-state index contributed by atoms with van der Waals surface area (Å²) in [6.07, 6.45) is 0. The van der Waals surface area contributed by atoms with Gasteiger partial charge in [-0.05, 0) is 284 Å². The van der Waals surface area contributed by atoms with Crippen molar-refractivity contribution in [3.8, 4) is 0 Å². The highest BCUT2D eigenvalue weighted by Gasteiger charge is 2.46. The van der Waals surface area contributed by atoms with Crippen LogP contribution in [0.1, 0.15) is 616 Å². The van der Waals surface area contributed by atoms with Crippen LogP contribution in [-0.2, 0) is 43.3 Å². The third-order valence-electron chi connectivity index (χ3n) is 32.5. The van der Waals surface area contributed by atoms with Gasteiger partial charge in [0.25, 0.3) is 0 Å². The van der Waals surface area contributed by atoms with Crippen molar-refractivity contribution in [2.75, 3.05) is 19.6 Å². The van der Waals surface area contributed by atoms with Crippen molar-refractivity contribution in [1.29, 1.82) is 0 Å². The molecule has 802 valence electrons. The van der Waals surface area contributed by atoms with E-state index in [0.717, 1.165) is 0 Å². The second-order valence-electron chi connectivity index (χ2n) is 58.4. The molecule has 12 rings (SSSR count). The topological polar surface area (TPSA) is 13.0 Å². The molecule has 148 heavy (non-hydrogen) atoms. The first-order valence-corrected chi connectivity index (χ1v) is 58.3. The molecule has 0 heterocycles. The van der Waals surface area contributed by atoms with Crippen LogP contribution in [0.3, 0.4) is 0 Å². The summed E-state index contributed by atoms with van der Waals surface area (Å²) in [6, 6.07) is 57.4. The van der Waals surface area contributed by atoms with Crippen LogP contribution in [0.2, 0.25) is 0 Å². The largest absolute Gasteiger partial charge is 0.309 e. The van der Waals surface area contributed by atoms with Crippen LogP contribution in [0.25, 0.3) is 32.3 Å². The average Bonchev–Trinajstić information content (AvgIpc) is 0.682. The molecular formula is C144H206N4. The van der Waals surface area contributed by atoms with Gasteiger partial charge in [0.1, 0.15) is 0 Å². The second kappa shape index (κ2) is 42.4. The molecule has 0 saturated carbocycles. The van der Waals surface area contributed by atoms with Gasteiger partial charge in [0, 0.05) is 32.3 Å². The van der Waals surface area contributed by atoms with Crippen LogP contribution < -0.4 is 19.6 Å². The summed E-state index contributed by atoms with van der Waals surface area (Å²) in [7, 11) is 0. The van der Waals surface area contributed by atoms with Crippen LogP contribution in [0.4, 0.5) is 68.2 Å². The van der Waals surface area contributed by atoms with Gasteiger partial charge in [-0.2, -0.15) is 0 Å². The fraction of sp³-hybridized carbons (Fsp3) is 0.556. The van der Waals surface area contributed by atoms with Crippen molar-refractivity contribution in [2.24, 2.45) is 0 Å². The Morgan fingerprint density at radius 3 is 0.351 bits per heavy atom. The van der Waals surface area contributed by atoms with Gasteiger partial charge in [0.05, 0.1) is 68.2 Å². The van der Waals surface area contributed by atoms with E-state index in [-0.39, 0.29) is 138 Å². The number of nitrogens with zero attached hydrogens (tertiary/aromatic N) is 4. The summed E-state index contributed by atoms with van der Waals surface area (Å²) < 4.78 is 0. The summed E-state index contributed by atoms with van der Waals surface area (Å²) in [5.74, 6) is 1.46. The Morgan fingerprint density at radius 1 is 0.142 bits per heavy atom. The first-order valence-electron chi connectivity index (χ1n) is 58.3. The van der Waals surface area contributed by atoms with Crippen molar-refractivity contribution >= 4 is 101 Å². The minimum absolute atomic E-state index is 0.0763. The maximum absolute atomic E-state index is 3.04. The van der Waals surface area contributed by atoms with Crippen LogP contribution in [0.15, 0.2) is 133 Å². The predicted molar refractivity (Wildman–Crippen MR) is 664 cm³/mol. The zero-order valence-electron chi connectivity index (χ0n) is 105. The van der Waals surface area contributed by atoms with E-state index in [2.05, 4.69) is 541 Å². The first-order chi connectivity index (χ1) is 67.9. The molecule has 0 amide bonds. The zero-order chi connectivity index (χ0) is 111. The van der Waals surface area contributed by atoms with Crippen molar-refractivity contribution in [1.82, 2.24) is 0 Å². The molecule has 0 aliphatic rings. The Balaban J connectivity index is 1.71. The number of para-hydroxylation sites is 4. The van der Waals surface area contributed by atoms with Gasteiger partial charge in [-0.25, -0.2) is 0 Å². The molecule has 0 bridgehead atoms. The molecule has 0 aliphatic heterocycles. The van der Waals surface area contributed by atoms with Gasteiger partial charge < -0.3 is 19.6 Å². The maximum Gasteiger partial charge on any atom is 0.0562 e. The summed E-state index contributed by atoms with van der Waals surface area (Å²) in [6.45, 7) is 141. The highest BCUT2D eigenvalue weighted by molar-refractivity contribution is 6.33. The number of benzene rings is 12. The van der Waals surface area contributed by atoms with Crippen LogP contribution in [0, 0.1) is 0 Å². The Bertz CT molecular complexity index is 5760. The third kappa shape index (κ3) is 21.7. The molecule has 0 aliphatic carbocycles. The average molecular weight is 1990 g/mol. The number of rotatable bonds is 28. The molecule has 0 atom stereocenters. The van der Waals surface area contributed by atoms with E-state index in [9.17, 15) is 0 Å². The van der Waals surface area contributed by atoms with E-state index in [1.165, 1.54) is 234 Å². The molecule has 12 aromatic rings. The Kier molecular flexibility index (Phi) is 33.7. The number of anilines is 12. The predicted octanol–water partition coefficient (Wildman–Crippen LogP) is 46.8. The van der Waals surface area contributed by atoms with Crippen LogP contribution in [-0.4, -0.2) is 0 Å². The molecule has 0 unspecified atom stereocenters. The normalized spacial score (nSPS) is 13.4. The summed E-state index contributed by atoms with van der Waals surface area (Å²) >= 11 is 0. The van der Waals surface area contributed by atoms with Crippen molar-refractivity contribution in [2.45, 2.75) is 526 Å². The van der Waals surface area contributed by atoms with Crippen LogP contribution >= 0.6 is 0 Å². The van der Waals surface area contributed by atoms with Gasteiger partial charge in [0.15, 0.2) is 0 Å². The standard InChI is InChI=1S/C144H206N4/c1-79(2)95-61-57-62-96(80(3)4)129(95)145(133-119(87(17)18)107(137(33,34)35)73-108(138(36,37)38)120(133)88(19)20)115-77-116(146(130-97(81(5)6)63-58-64-98(130)82(7)8)134-121(89(21)22)109(139(39,40)41)74-110(140(42,43)44)122(134)90(23)24)104-71-72-106-118(148(132-101(85(13)14)67-60-68-102(132)86(15)16)136-125(93(29)30)113(143(51,52)53)76-114(144(54,55)56)126(136)94(31)32)78-117(105-70-69-103(115)127(104)128(105)106)147(131-99(83(9)10)65-59-66-100(131)84(11)12)135-123(91(25)26)111(141(45,46)47)75-112(142(48,49)50)124(135)92(27)28/h57-94H,1-56H3. The minimum atomic E-state index is -0.288. The van der Waals surface area contributed by atoms with Crippen LogP contribution in [0.5, 0.6) is 0 Å². The summed E-state index contributed by atoms with van der Waals surface area (Å²) in [5.41, 5.74) is 46.3. The van der Waals surface area contributed by atoms with Gasteiger partial charge in [-0.15, -0.1) is 0 Å². The molecule has 12 aromatic carbocycles. The SMILES string of the molecule is CC(C)c1cccc(C(C)C)c1N(c1c(C(C)C)c(C(C)(C)C)cc(C(C)(C)C)c1C(C)C)c1cc(N(c2c(C(C)C)cccc2C(C)C)c2c(C(C)C)c(C(C)(C)C)cc(C(C)(C)C)c2C(C)C)c2ccc3c(N(c4c(C(C)C)cccc4C(C)C)c4c(C(C)C)c(C(C)(C)C)cc(C(C)(C)C)c4C(C)C)cc(N(c4c(C(C)C)cccc4C(C)C)c4c(C(C)C)c(C(C)(C)C)cc(C(C)(C)C)c4C(C)C)c4ccc1c2c43. The van der Waals surface area contributed by atoms with Gasteiger partial charge in [-0.3, -0.25) is 0 Å². The minimum Gasteiger partial charge on any atom is -0.309 e. The molecule has 0 spiro atoms. The van der Waals surface area contributed by atoms with E-state index in [1.807, 2.05) is 0 Å². The van der Waals surface area contributed by atoms with Crippen molar-refractivity contribution in [3.05, 3.63) is 267 Å². The smallest absolute Gasteiger partial charge is 0.0562 e. The lowest BCUT2D eigenvalue weighted by atomic mass is 9.71. The zero-order valence-corrected chi connectivity index (χ0v) is 105. The molecule has 0 aromatic heterocycles. The van der Waals surface area contributed by atoms with E-state index in [4.69, 9.17) is 0 Å². The maximum atomic E-state index is 3.04. The van der Waals surface area contributed by atoms with Crippen molar-refractivity contribution < 1.29 is 0 Å². The Morgan fingerprint density at radius 2 is 0.257 bits per heavy atom. The number of hydrogen-bond donors (Lipinski definition) is 0. The Labute approximate surface area is 906 Å². The lowest BCUT2D eigenvalue weighted by Gasteiger charge is -2.44. The highest BCUT2D eigenvalue weighted by atomic mass is 15.2. The molecule has 0 radical (unpaired) electrons. The molecule has 4 heteroatoms. The first kappa shape index (κ1) is 118. The van der Waals surface area contributed by atoms with E-state index in [0.29, 0.717) is 0 Å². The molecule has 4 nitrogen and oxygen atoms in total. The van der Waals surface area contributed by atoms with E-state index in [1.54, 1.807) is 0 Å². The van der Waals surface area contributed by atoms with E-state index < -0.39 is 0 Å². The third-order valence-corrected chi connectivity index (χ3v) is 32.5. The van der Waals surface area contributed by atoms with E-state index >= 15 is 0 Å². The highest BCUT2D eigenvalue weighted by Crippen LogP contribution is 2.66. The molecule has 0 fully saturated rings. The monoisotopic (exact) mass is 1990 g/mol. The molecule has 0 saturated heterocycles. The van der Waals surface area contributed by atoms with Gasteiger partial charge in [-0.1, -0.05) is 509 Å². The number of hydrogen-bond acceptors (Lipinski definition) is 4. The van der Waals surface area contributed by atoms with Gasteiger partial charge in [0.2, 0.25) is 0 Å². The fourth-order valence-corrected chi connectivity index (χ4v) is 25.6. The molecule has 0 N–H and O–H groups in total. The fourth-order valence-electron chi connectivity index (χ4n) is 25.6. The second-order valence-corrected chi connectivity index (χ2v) is 58.4. The van der Waals surface area contributed by atoms with Crippen molar-refractivity contribution in [3.63, 3.8) is 0 Å². The molecular weight excluding hydrogens is 1790 g/mol. The summed E-state index contributed by atoms with van der Waals surface area (Å²) in [4.78, 5) is 12.2. The Hall–Kier alpha value is -9.12. The summed E-state index contributed by atoms with van der Waals surface area (Å²) in [5, 5.41) is 7.44. The van der Waals surface area contributed by atoms with Gasteiger partial charge >= 0.3 is 0 Å². The quantitative estimate of drug-likeness (QED) is 0.0453. The lowest BCUT2D eigenvalue weighted by Crippen LogP contribution is -2.28. The lowest BCUT2D eigenvalue weighted by molar-refractivity contribution is 0.551.